The third kappa shape index (κ3) is 5.16. The van der Waals surface area contributed by atoms with Gasteiger partial charge in [-0.15, -0.1) is 0 Å². The lowest BCUT2D eigenvalue weighted by atomic mass is 10.0. The van der Waals surface area contributed by atoms with Gasteiger partial charge in [0.05, 0.1) is 18.5 Å². The van der Waals surface area contributed by atoms with Crippen LogP contribution < -0.4 is 15.4 Å². The van der Waals surface area contributed by atoms with Crippen LogP contribution in [0.1, 0.15) is 25.0 Å². The van der Waals surface area contributed by atoms with Crippen molar-refractivity contribution in [2.45, 2.75) is 19.3 Å². The van der Waals surface area contributed by atoms with E-state index in [1.807, 2.05) is 0 Å². The Hall–Kier alpha value is -2.68. The number of hydrogen-bond acceptors (Lipinski definition) is 4. The fourth-order valence-corrected chi connectivity index (χ4v) is 2.85. The standard InChI is InChI=1S/C18H22F2N4O3/c1-24-16(17(19)20)15(10-21-24)23-18(25)22-13-2-4-14(5-3-13)27-11-12-6-8-26-9-7-12/h2-5,10,12,17H,6-9,11H2,1H3,(H2,22,23,25). The molecule has 1 aliphatic heterocycles. The van der Waals surface area contributed by atoms with Crippen molar-refractivity contribution in [2.24, 2.45) is 13.0 Å². The van der Waals surface area contributed by atoms with Crippen molar-refractivity contribution in [1.29, 1.82) is 0 Å². The van der Waals surface area contributed by atoms with Gasteiger partial charge >= 0.3 is 6.03 Å². The lowest BCUT2D eigenvalue weighted by Crippen LogP contribution is -2.21. The summed E-state index contributed by atoms with van der Waals surface area (Å²) < 4.78 is 38.1. The van der Waals surface area contributed by atoms with Crippen LogP contribution in [0.25, 0.3) is 0 Å². The second-order valence-corrected chi connectivity index (χ2v) is 6.34. The number of aromatic nitrogens is 2. The molecule has 0 radical (unpaired) electrons. The second kappa shape index (κ2) is 8.81. The minimum atomic E-state index is -2.74. The lowest BCUT2D eigenvalue weighted by molar-refractivity contribution is 0.0497. The Bertz CT molecular complexity index is 758. The number of carbonyl (C=O) groups is 1. The summed E-state index contributed by atoms with van der Waals surface area (Å²) in [4.78, 5) is 12.0. The van der Waals surface area contributed by atoms with Gasteiger partial charge < -0.3 is 20.1 Å². The zero-order valence-electron chi connectivity index (χ0n) is 15.0. The smallest absolute Gasteiger partial charge is 0.323 e. The summed E-state index contributed by atoms with van der Waals surface area (Å²) in [5, 5.41) is 8.72. The number of nitrogens with one attached hydrogen (secondary N) is 2. The van der Waals surface area contributed by atoms with Crippen molar-refractivity contribution in [3.8, 4) is 5.75 Å². The summed E-state index contributed by atoms with van der Waals surface area (Å²) in [5.41, 5.74) is 0.150. The topological polar surface area (TPSA) is 77.4 Å². The molecule has 2 aromatic rings. The van der Waals surface area contributed by atoms with Gasteiger partial charge in [-0.05, 0) is 43.0 Å². The van der Waals surface area contributed by atoms with Crippen LogP contribution in [0.5, 0.6) is 5.75 Å². The minimum absolute atomic E-state index is 0.0265. The summed E-state index contributed by atoms with van der Waals surface area (Å²) in [7, 11) is 1.39. The van der Waals surface area contributed by atoms with Gasteiger partial charge in [0.15, 0.2) is 0 Å². The number of hydrogen-bond donors (Lipinski definition) is 2. The number of anilines is 2. The Morgan fingerprint density at radius 1 is 1.30 bits per heavy atom. The van der Waals surface area contributed by atoms with Gasteiger partial charge in [0.1, 0.15) is 11.4 Å². The molecule has 3 rings (SSSR count). The van der Waals surface area contributed by atoms with Crippen molar-refractivity contribution >= 4 is 17.4 Å². The predicted molar refractivity (Wildman–Crippen MR) is 96.3 cm³/mol. The maximum absolute atomic E-state index is 13.0. The Morgan fingerprint density at radius 2 is 2.00 bits per heavy atom. The van der Waals surface area contributed by atoms with Crippen molar-refractivity contribution in [2.75, 3.05) is 30.5 Å². The van der Waals surface area contributed by atoms with Gasteiger partial charge in [-0.2, -0.15) is 5.10 Å². The minimum Gasteiger partial charge on any atom is -0.493 e. The molecule has 1 fully saturated rings. The van der Waals surface area contributed by atoms with E-state index in [-0.39, 0.29) is 11.4 Å². The van der Waals surface area contributed by atoms with Crippen molar-refractivity contribution in [3.05, 3.63) is 36.2 Å². The van der Waals surface area contributed by atoms with Crippen molar-refractivity contribution in [1.82, 2.24) is 9.78 Å². The van der Waals surface area contributed by atoms with E-state index < -0.39 is 12.5 Å². The van der Waals surface area contributed by atoms with Crippen LogP contribution in [-0.2, 0) is 11.8 Å². The van der Waals surface area contributed by atoms with Crippen LogP contribution in [0.4, 0.5) is 25.0 Å². The first kappa shape index (κ1) is 19.1. The maximum atomic E-state index is 13.0. The van der Waals surface area contributed by atoms with Crippen LogP contribution in [-0.4, -0.2) is 35.6 Å². The number of alkyl halides is 2. The maximum Gasteiger partial charge on any atom is 0.323 e. The normalized spacial score (nSPS) is 15.0. The summed E-state index contributed by atoms with van der Waals surface area (Å²) in [6.07, 6.45) is 0.442. The third-order valence-corrected chi connectivity index (χ3v) is 4.38. The number of ether oxygens (including phenoxy) is 2. The van der Waals surface area contributed by atoms with Gasteiger partial charge in [0.25, 0.3) is 6.43 Å². The molecule has 0 bridgehead atoms. The van der Waals surface area contributed by atoms with Crippen LogP contribution in [0.3, 0.4) is 0 Å². The highest BCUT2D eigenvalue weighted by atomic mass is 19.3. The number of rotatable bonds is 6. The third-order valence-electron chi connectivity index (χ3n) is 4.38. The Morgan fingerprint density at radius 3 is 2.67 bits per heavy atom. The van der Waals surface area contributed by atoms with E-state index >= 15 is 0 Å². The Balaban J connectivity index is 1.51. The van der Waals surface area contributed by atoms with E-state index in [2.05, 4.69) is 15.7 Å². The van der Waals surface area contributed by atoms with Crippen LogP contribution >= 0.6 is 0 Å². The average Bonchev–Trinajstić information content (AvgIpc) is 3.02. The van der Waals surface area contributed by atoms with E-state index in [1.54, 1.807) is 24.3 Å². The molecule has 2 heterocycles. The Labute approximate surface area is 155 Å². The second-order valence-electron chi connectivity index (χ2n) is 6.34. The highest BCUT2D eigenvalue weighted by Crippen LogP contribution is 2.26. The zero-order chi connectivity index (χ0) is 19.2. The zero-order valence-corrected chi connectivity index (χ0v) is 15.0. The number of halogens is 2. The molecule has 1 aromatic carbocycles. The van der Waals surface area contributed by atoms with Crippen molar-refractivity contribution < 1.29 is 23.0 Å². The molecule has 0 aliphatic carbocycles. The predicted octanol–water partition coefficient (Wildman–Crippen LogP) is 3.81. The number of amides is 2. The molecule has 2 amide bonds. The van der Waals surface area contributed by atoms with Crippen molar-refractivity contribution in [3.63, 3.8) is 0 Å². The molecule has 7 nitrogen and oxygen atoms in total. The molecule has 1 aliphatic rings. The summed E-state index contributed by atoms with van der Waals surface area (Å²) in [6, 6.07) is 6.26. The first-order chi connectivity index (χ1) is 13.0. The number of urea groups is 1. The SMILES string of the molecule is Cn1ncc(NC(=O)Nc2ccc(OCC3CCOCC3)cc2)c1C(F)F. The first-order valence-electron chi connectivity index (χ1n) is 8.71. The van der Waals surface area contributed by atoms with Crippen LogP contribution in [0.2, 0.25) is 0 Å². The quantitative estimate of drug-likeness (QED) is 0.799. The molecule has 0 atom stereocenters. The highest BCUT2D eigenvalue weighted by Gasteiger charge is 2.20. The molecular weight excluding hydrogens is 358 g/mol. The van der Waals surface area contributed by atoms with E-state index in [0.29, 0.717) is 24.0 Å². The summed E-state index contributed by atoms with van der Waals surface area (Å²) in [6.45, 7) is 2.18. The average molecular weight is 380 g/mol. The molecule has 0 spiro atoms. The van der Waals surface area contributed by atoms with E-state index in [0.717, 1.165) is 30.7 Å². The fraction of sp³-hybridized carbons (Fsp3) is 0.444. The monoisotopic (exact) mass is 380 g/mol. The van der Waals surface area contributed by atoms with E-state index in [1.165, 1.54) is 13.2 Å². The van der Waals surface area contributed by atoms with Gasteiger partial charge in [-0.25, -0.2) is 13.6 Å². The lowest BCUT2D eigenvalue weighted by Gasteiger charge is -2.22. The molecular formula is C18H22F2N4O3. The largest absolute Gasteiger partial charge is 0.493 e. The van der Waals surface area contributed by atoms with Gasteiger partial charge in [-0.1, -0.05) is 0 Å². The first-order valence-corrected chi connectivity index (χ1v) is 8.71. The number of nitrogens with zero attached hydrogens (tertiary/aromatic N) is 2. The number of aryl methyl sites for hydroxylation is 1. The number of carbonyl (C=O) groups excluding carboxylic acids is 1. The number of benzene rings is 1. The molecule has 1 aromatic heterocycles. The molecule has 146 valence electrons. The van der Waals surface area contributed by atoms with Gasteiger partial charge in [0.2, 0.25) is 0 Å². The van der Waals surface area contributed by atoms with Gasteiger partial charge in [-0.3, -0.25) is 4.68 Å². The molecule has 27 heavy (non-hydrogen) atoms. The Kier molecular flexibility index (Phi) is 6.23. The molecule has 9 heteroatoms. The molecule has 2 N–H and O–H groups in total. The van der Waals surface area contributed by atoms with Crippen LogP contribution in [0.15, 0.2) is 30.5 Å². The van der Waals surface area contributed by atoms with E-state index in [4.69, 9.17) is 9.47 Å². The van der Waals surface area contributed by atoms with Gasteiger partial charge in [0, 0.05) is 25.9 Å². The van der Waals surface area contributed by atoms with E-state index in [9.17, 15) is 13.6 Å². The molecule has 0 saturated carbocycles. The summed E-state index contributed by atoms with van der Waals surface area (Å²) in [5.74, 6) is 1.20. The summed E-state index contributed by atoms with van der Waals surface area (Å²) >= 11 is 0. The fourth-order valence-electron chi connectivity index (χ4n) is 2.85. The van der Waals surface area contributed by atoms with Crippen LogP contribution in [0, 0.1) is 5.92 Å². The molecule has 1 saturated heterocycles. The molecule has 0 unspecified atom stereocenters. The highest BCUT2D eigenvalue weighted by molar-refractivity contribution is 6.00.